The van der Waals surface area contributed by atoms with Crippen LogP contribution >= 0.6 is 24.0 Å². The molecule has 1 aromatic heterocycles. The molecule has 2 aliphatic heterocycles. The van der Waals surface area contributed by atoms with Gasteiger partial charge in [0.1, 0.15) is 6.54 Å². The number of hydrogen-bond acceptors (Lipinski definition) is 6. The van der Waals surface area contributed by atoms with E-state index in [-0.39, 0.29) is 36.4 Å². The molecule has 178 valence electrons. The van der Waals surface area contributed by atoms with Crippen molar-refractivity contribution in [3.05, 3.63) is 48.8 Å². The largest absolute Gasteiger partial charge is 0.368 e. The molecule has 2 aromatic rings. The number of nitrogens with one attached hydrogen (secondary N) is 1. The number of carbonyl (C=O) groups is 1. The molecule has 1 N–H and O–H groups in total. The molecule has 0 spiro atoms. The smallest absolute Gasteiger partial charge is 0.244 e. The van der Waals surface area contributed by atoms with Crippen LogP contribution in [0.4, 0.5) is 11.6 Å². The minimum Gasteiger partial charge on any atom is -0.368 e. The Morgan fingerprint density at radius 2 is 1.48 bits per heavy atom. The van der Waals surface area contributed by atoms with Gasteiger partial charge in [-0.15, -0.1) is 24.0 Å². The maximum atomic E-state index is 12.8. The average Bonchev–Trinajstić information content (AvgIpc) is 2.87. The number of amides is 1. The van der Waals surface area contributed by atoms with Gasteiger partial charge in [0, 0.05) is 77.0 Å². The van der Waals surface area contributed by atoms with Gasteiger partial charge in [-0.05, 0) is 25.1 Å². The Morgan fingerprint density at radius 3 is 2.12 bits per heavy atom. The van der Waals surface area contributed by atoms with Gasteiger partial charge < -0.3 is 24.9 Å². The van der Waals surface area contributed by atoms with E-state index in [2.05, 4.69) is 59.2 Å². The molecule has 3 heterocycles. The number of para-hydroxylation sites is 1. The zero-order valence-electron chi connectivity index (χ0n) is 19.1. The van der Waals surface area contributed by atoms with Crippen molar-refractivity contribution in [2.45, 2.75) is 6.92 Å². The number of aliphatic imine (C=N–C) groups is 1. The lowest BCUT2D eigenvalue weighted by Crippen LogP contribution is -2.53. The summed E-state index contributed by atoms with van der Waals surface area (Å²) >= 11 is 0. The Balaban J connectivity index is 0.00000306. The topological polar surface area (TPSA) is 80.2 Å². The standard InChI is InChI=1S/C23H32N8O.HI/c1-2-24-22(30-15-17-31(18-16-30)23-25-9-6-10-26-23)27-19-21(32)29-13-11-28(12-14-29)20-7-4-3-5-8-20;/h3-10H,2,11-19H2,1H3,(H,24,27);1H. The van der Waals surface area contributed by atoms with Crippen LogP contribution in [-0.2, 0) is 4.79 Å². The molecule has 0 unspecified atom stereocenters. The van der Waals surface area contributed by atoms with Crippen LogP contribution in [0.5, 0.6) is 0 Å². The molecule has 1 aromatic carbocycles. The maximum Gasteiger partial charge on any atom is 0.244 e. The third kappa shape index (κ3) is 6.68. The maximum absolute atomic E-state index is 12.8. The lowest BCUT2D eigenvalue weighted by Gasteiger charge is -2.37. The summed E-state index contributed by atoms with van der Waals surface area (Å²) in [5.41, 5.74) is 1.21. The number of hydrogen-bond donors (Lipinski definition) is 1. The summed E-state index contributed by atoms with van der Waals surface area (Å²) in [5.74, 6) is 1.65. The number of piperazine rings is 2. The van der Waals surface area contributed by atoms with Crippen molar-refractivity contribution in [2.24, 2.45) is 4.99 Å². The van der Waals surface area contributed by atoms with Crippen LogP contribution in [0.15, 0.2) is 53.8 Å². The van der Waals surface area contributed by atoms with Crippen LogP contribution in [0.2, 0.25) is 0 Å². The van der Waals surface area contributed by atoms with E-state index in [1.165, 1.54) is 5.69 Å². The fraction of sp³-hybridized carbons (Fsp3) is 0.478. The molecule has 4 rings (SSSR count). The zero-order chi connectivity index (χ0) is 22.2. The van der Waals surface area contributed by atoms with Crippen molar-refractivity contribution in [1.82, 2.24) is 25.1 Å². The summed E-state index contributed by atoms with van der Waals surface area (Å²) < 4.78 is 0. The summed E-state index contributed by atoms with van der Waals surface area (Å²) in [4.78, 5) is 34.8. The monoisotopic (exact) mass is 564 g/mol. The molecule has 1 amide bonds. The summed E-state index contributed by atoms with van der Waals surface area (Å²) in [7, 11) is 0. The summed E-state index contributed by atoms with van der Waals surface area (Å²) in [6.07, 6.45) is 3.54. The first kappa shape index (κ1) is 25.0. The SMILES string of the molecule is CCNC(=NCC(=O)N1CCN(c2ccccc2)CC1)N1CCN(c2ncccn2)CC1.I. The molecule has 9 nitrogen and oxygen atoms in total. The Hall–Kier alpha value is -2.63. The van der Waals surface area contributed by atoms with Crippen LogP contribution in [0.3, 0.4) is 0 Å². The van der Waals surface area contributed by atoms with E-state index in [4.69, 9.17) is 0 Å². The molecule has 2 saturated heterocycles. The number of guanidine groups is 1. The predicted octanol–water partition coefficient (Wildman–Crippen LogP) is 1.53. The van der Waals surface area contributed by atoms with E-state index in [1.54, 1.807) is 12.4 Å². The molecule has 0 aliphatic carbocycles. The normalized spacial score (nSPS) is 16.9. The highest BCUT2D eigenvalue weighted by Crippen LogP contribution is 2.15. The fourth-order valence-electron chi connectivity index (χ4n) is 4.09. The Bertz CT molecular complexity index is 882. The number of aromatic nitrogens is 2. The molecule has 0 atom stereocenters. The van der Waals surface area contributed by atoms with Crippen LogP contribution in [0.1, 0.15) is 6.92 Å². The summed E-state index contributed by atoms with van der Waals surface area (Å²) in [5, 5.41) is 3.34. The van der Waals surface area contributed by atoms with E-state index in [0.717, 1.165) is 70.8 Å². The van der Waals surface area contributed by atoms with Gasteiger partial charge in [0.05, 0.1) is 0 Å². The van der Waals surface area contributed by atoms with Gasteiger partial charge in [-0.1, -0.05) is 18.2 Å². The lowest BCUT2D eigenvalue weighted by atomic mass is 10.2. The van der Waals surface area contributed by atoms with Gasteiger partial charge in [0.15, 0.2) is 5.96 Å². The molecular weight excluding hydrogens is 531 g/mol. The summed E-state index contributed by atoms with van der Waals surface area (Å²) in [6.45, 7) is 9.43. The average molecular weight is 564 g/mol. The molecular formula is C23H33IN8O. The van der Waals surface area contributed by atoms with E-state index in [9.17, 15) is 4.79 Å². The van der Waals surface area contributed by atoms with Gasteiger partial charge in [-0.25, -0.2) is 15.0 Å². The van der Waals surface area contributed by atoms with Crippen molar-refractivity contribution >= 4 is 47.5 Å². The number of halogens is 1. The number of rotatable bonds is 5. The molecule has 0 bridgehead atoms. The van der Waals surface area contributed by atoms with Crippen molar-refractivity contribution < 1.29 is 4.79 Å². The van der Waals surface area contributed by atoms with Crippen molar-refractivity contribution in [1.29, 1.82) is 0 Å². The van der Waals surface area contributed by atoms with E-state index in [1.807, 2.05) is 24.0 Å². The Morgan fingerprint density at radius 1 is 0.879 bits per heavy atom. The quantitative estimate of drug-likeness (QED) is 0.335. The highest BCUT2D eigenvalue weighted by atomic mass is 127. The number of anilines is 2. The third-order valence-electron chi connectivity index (χ3n) is 5.87. The van der Waals surface area contributed by atoms with Crippen molar-refractivity contribution in [2.75, 3.05) is 75.2 Å². The first-order valence-electron chi connectivity index (χ1n) is 11.4. The lowest BCUT2D eigenvalue weighted by molar-refractivity contribution is -0.129. The van der Waals surface area contributed by atoms with Crippen molar-refractivity contribution in [3.63, 3.8) is 0 Å². The number of nitrogens with zero attached hydrogens (tertiary/aromatic N) is 7. The zero-order valence-corrected chi connectivity index (χ0v) is 21.5. The predicted molar refractivity (Wildman–Crippen MR) is 142 cm³/mol. The van der Waals surface area contributed by atoms with Gasteiger partial charge >= 0.3 is 0 Å². The minimum atomic E-state index is 0. The van der Waals surface area contributed by atoms with Gasteiger partial charge in [0.25, 0.3) is 0 Å². The molecule has 0 saturated carbocycles. The van der Waals surface area contributed by atoms with Crippen molar-refractivity contribution in [3.8, 4) is 0 Å². The highest BCUT2D eigenvalue weighted by molar-refractivity contribution is 14.0. The first-order valence-corrected chi connectivity index (χ1v) is 11.4. The molecule has 33 heavy (non-hydrogen) atoms. The van der Waals surface area contributed by atoms with Gasteiger partial charge in [-0.2, -0.15) is 0 Å². The second-order valence-corrected chi connectivity index (χ2v) is 7.90. The van der Waals surface area contributed by atoms with Crippen LogP contribution in [0, 0.1) is 0 Å². The third-order valence-corrected chi connectivity index (χ3v) is 5.87. The molecule has 2 fully saturated rings. The van der Waals surface area contributed by atoms with Crippen LogP contribution in [0.25, 0.3) is 0 Å². The number of carbonyl (C=O) groups excluding carboxylic acids is 1. The van der Waals surface area contributed by atoms with E-state index in [0.29, 0.717) is 0 Å². The van der Waals surface area contributed by atoms with Crippen LogP contribution in [-0.4, -0.2) is 97.1 Å². The summed E-state index contributed by atoms with van der Waals surface area (Å²) in [6, 6.07) is 12.2. The molecule has 0 radical (unpaired) electrons. The molecule has 2 aliphatic rings. The van der Waals surface area contributed by atoms with Crippen LogP contribution < -0.4 is 15.1 Å². The Kier molecular flexibility index (Phi) is 9.52. The molecule has 10 heteroatoms. The van der Waals surface area contributed by atoms with Gasteiger partial charge in [-0.3, -0.25) is 4.79 Å². The van der Waals surface area contributed by atoms with E-state index < -0.39 is 0 Å². The second-order valence-electron chi connectivity index (χ2n) is 7.90. The fourth-order valence-corrected chi connectivity index (χ4v) is 4.09. The van der Waals surface area contributed by atoms with Gasteiger partial charge in [0.2, 0.25) is 11.9 Å². The number of benzene rings is 1. The Labute approximate surface area is 212 Å². The second kappa shape index (κ2) is 12.6. The first-order chi connectivity index (χ1) is 15.7. The highest BCUT2D eigenvalue weighted by Gasteiger charge is 2.23. The minimum absolute atomic E-state index is 0. The van der Waals surface area contributed by atoms with E-state index >= 15 is 0 Å².